The molecule has 0 saturated carbocycles. The Morgan fingerprint density at radius 1 is 1.54 bits per heavy atom. The molecule has 13 heavy (non-hydrogen) atoms. The van der Waals surface area contributed by atoms with Crippen molar-refractivity contribution in [2.45, 2.75) is 38.4 Å². The zero-order chi connectivity index (χ0) is 9.68. The number of nitrogens with one attached hydrogen (secondary N) is 1. The van der Waals surface area contributed by atoms with Gasteiger partial charge < -0.3 is 5.32 Å². The zero-order valence-corrected chi connectivity index (χ0v) is 9.32. The lowest BCUT2D eigenvalue weighted by Gasteiger charge is -2.21. The molecule has 1 aliphatic heterocycles. The molecule has 1 unspecified atom stereocenters. The molecule has 1 rings (SSSR count). The topological polar surface area (TPSA) is 29.1 Å². The van der Waals surface area contributed by atoms with Crippen molar-refractivity contribution in [3.63, 3.8) is 0 Å². The molecule has 1 fully saturated rings. The highest BCUT2D eigenvalue weighted by Gasteiger charge is 2.15. The first kappa shape index (κ1) is 10.9. The number of rotatable bonds is 3. The first-order valence-corrected chi connectivity index (χ1v) is 6.14. The van der Waals surface area contributed by atoms with E-state index in [0.717, 1.165) is 6.54 Å². The van der Waals surface area contributed by atoms with Crippen LogP contribution in [-0.2, 0) is 4.79 Å². The molecular formula is C10H19NOS. The first-order chi connectivity index (χ1) is 6.20. The van der Waals surface area contributed by atoms with E-state index in [1.807, 2.05) is 25.6 Å². The number of carbonyl (C=O) groups is 1. The Bertz CT molecular complexity index is 164. The van der Waals surface area contributed by atoms with Gasteiger partial charge in [-0.2, -0.15) is 11.8 Å². The summed E-state index contributed by atoms with van der Waals surface area (Å²) in [4.78, 5) is 11.3. The molecule has 1 atom stereocenters. The van der Waals surface area contributed by atoms with Crippen LogP contribution in [-0.4, -0.2) is 23.5 Å². The van der Waals surface area contributed by atoms with Crippen molar-refractivity contribution >= 4 is 17.7 Å². The van der Waals surface area contributed by atoms with Gasteiger partial charge in [0.2, 0.25) is 5.91 Å². The van der Waals surface area contributed by atoms with E-state index in [2.05, 4.69) is 5.32 Å². The second-order valence-corrected chi connectivity index (χ2v) is 5.30. The summed E-state index contributed by atoms with van der Waals surface area (Å²) in [6, 6.07) is 0. The summed E-state index contributed by atoms with van der Waals surface area (Å²) >= 11 is 2.00. The highest BCUT2D eigenvalue weighted by Crippen LogP contribution is 2.24. The first-order valence-electron chi connectivity index (χ1n) is 5.09. The van der Waals surface area contributed by atoms with Crippen molar-refractivity contribution < 1.29 is 4.79 Å². The van der Waals surface area contributed by atoms with E-state index in [1.54, 1.807) is 0 Å². The van der Waals surface area contributed by atoms with E-state index in [9.17, 15) is 4.79 Å². The Kier molecular flexibility index (Phi) is 4.64. The number of hydrogen-bond donors (Lipinski definition) is 1. The van der Waals surface area contributed by atoms with Crippen LogP contribution in [0.15, 0.2) is 0 Å². The van der Waals surface area contributed by atoms with Crippen LogP contribution in [0, 0.1) is 5.92 Å². The summed E-state index contributed by atoms with van der Waals surface area (Å²) in [5, 5.41) is 3.66. The lowest BCUT2D eigenvalue weighted by Crippen LogP contribution is -2.34. The number of hydrogen-bond acceptors (Lipinski definition) is 2. The van der Waals surface area contributed by atoms with Gasteiger partial charge in [-0.15, -0.1) is 0 Å². The third kappa shape index (κ3) is 4.03. The number of thioether (sulfide) groups is 1. The Morgan fingerprint density at radius 3 is 2.85 bits per heavy atom. The van der Waals surface area contributed by atoms with Crippen LogP contribution in [0.1, 0.15) is 33.1 Å². The average molecular weight is 201 g/mol. The Labute approximate surface area is 84.9 Å². The van der Waals surface area contributed by atoms with Gasteiger partial charge in [-0.3, -0.25) is 4.79 Å². The van der Waals surface area contributed by atoms with Gasteiger partial charge in [-0.25, -0.2) is 0 Å². The summed E-state index contributed by atoms with van der Waals surface area (Å²) in [6.45, 7) is 4.73. The molecule has 0 aromatic carbocycles. The highest BCUT2D eigenvalue weighted by molar-refractivity contribution is 7.99. The van der Waals surface area contributed by atoms with E-state index in [4.69, 9.17) is 0 Å². The van der Waals surface area contributed by atoms with Gasteiger partial charge in [0.05, 0.1) is 0 Å². The minimum atomic E-state index is 0.119. The molecule has 0 bridgehead atoms. The molecule has 0 spiro atoms. The van der Waals surface area contributed by atoms with E-state index < -0.39 is 0 Å². The molecule has 76 valence electrons. The Morgan fingerprint density at radius 2 is 2.31 bits per heavy atom. The minimum absolute atomic E-state index is 0.119. The molecule has 1 heterocycles. The molecule has 1 amide bonds. The molecule has 1 N–H and O–H groups in total. The third-order valence-electron chi connectivity index (χ3n) is 2.30. The van der Waals surface area contributed by atoms with Crippen LogP contribution < -0.4 is 5.32 Å². The monoisotopic (exact) mass is 201 g/mol. The quantitative estimate of drug-likeness (QED) is 0.757. The third-order valence-corrected chi connectivity index (χ3v) is 3.70. The maximum Gasteiger partial charge on any atom is 0.222 e. The average Bonchev–Trinajstić information content (AvgIpc) is 2.15. The normalized spacial score (nSPS) is 23.2. The van der Waals surface area contributed by atoms with Crippen molar-refractivity contribution in [3.05, 3.63) is 0 Å². The van der Waals surface area contributed by atoms with Gasteiger partial charge in [-0.05, 0) is 18.6 Å². The van der Waals surface area contributed by atoms with Crippen molar-refractivity contribution in [2.75, 3.05) is 12.3 Å². The molecule has 3 heteroatoms. The van der Waals surface area contributed by atoms with Crippen molar-refractivity contribution in [1.82, 2.24) is 5.32 Å². The summed E-state index contributed by atoms with van der Waals surface area (Å²) in [6.07, 6.45) is 3.94. The maximum atomic E-state index is 11.3. The van der Waals surface area contributed by atoms with E-state index >= 15 is 0 Å². The Balaban J connectivity index is 2.13. The fourth-order valence-corrected chi connectivity index (χ4v) is 2.63. The predicted molar refractivity (Wildman–Crippen MR) is 57.9 cm³/mol. The molecule has 2 nitrogen and oxygen atoms in total. The van der Waals surface area contributed by atoms with Gasteiger partial charge in [-0.1, -0.05) is 20.3 Å². The van der Waals surface area contributed by atoms with Crippen LogP contribution >= 0.6 is 11.8 Å². The molecule has 0 radical (unpaired) electrons. The standard InChI is InChI=1S/C10H19NOS/c1-8(2)10(12)11-7-9-5-3-4-6-13-9/h8-9H,3-7H2,1-2H3,(H,11,12). The maximum absolute atomic E-state index is 11.3. The van der Waals surface area contributed by atoms with Crippen molar-refractivity contribution in [2.24, 2.45) is 5.92 Å². The second-order valence-electron chi connectivity index (χ2n) is 3.89. The molecule has 0 aromatic rings. The summed E-state index contributed by atoms with van der Waals surface area (Å²) in [7, 11) is 0. The summed E-state index contributed by atoms with van der Waals surface area (Å²) in [5.74, 6) is 1.57. The van der Waals surface area contributed by atoms with Crippen LogP contribution in [0.4, 0.5) is 0 Å². The molecule has 1 saturated heterocycles. The lowest BCUT2D eigenvalue weighted by atomic mass is 10.1. The van der Waals surface area contributed by atoms with E-state index in [0.29, 0.717) is 5.25 Å². The van der Waals surface area contributed by atoms with Gasteiger partial charge in [0.1, 0.15) is 0 Å². The predicted octanol–water partition coefficient (Wildman–Crippen LogP) is 2.04. The second kappa shape index (κ2) is 5.53. The Hall–Kier alpha value is -0.180. The summed E-state index contributed by atoms with van der Waals surface area (Å²) in [5.41, 5.74) is 0. The number of amides is 1. The van der Waals surface area contributed by atoms with Crippen LogP contribution in [0.25, 0.3) is 0 Å². The van der Waals surface area contributed by atoms with Crippen LogP contribution in [0.2, 0.25) is 0 Å². The molecule has 0 aliphatic carbocycles. The lowest BCUT2D eigenvalue weighted by molar-refractivity contribution is -0.123. The molecular weight excluding hydrogens is 182 g/mol. The van der Waals surface area contributed by atoms with Crippen molar-refractivity contribution in [1.29, 1.82) is 0 Å². The molecule has 0 aromatic heterocycles. The van der Waals surface area contributed by atoms with Gasteiger partial charge in [0.15, 0.2) is 0 Å². The van der Waals surface area contributed by atoms with Crippen molar-refractivity contribution in [3.8, 4) is 0 Å². The van der Waals surface area contributed by atoms with E-state index in [1.165, 1.54) is 25.0 Å². The van der Waals surface area contributed by atoms with Gasteiger partial charge in [0.25, 0.3) is 0 Å². The van der Waals surface area contributed by atoms with Gasteiger partial charge in [0, 0.05) is 17.7 Å². The van der Waals surface area contributed by atoms with Gasteiger partial charge >= 0.3 is 0 Å². The summed E-state index contributed by atoms with van der Waals surface area (Å²) < 4.78 is 0. The fourth-order valence-electron chi connectivity index (χ4n) is 1.39. The smallest absolute Gasteiger partial charge is 0.222 e. The minimum Gasteiger partial charge on any atom is -0.355 e. The van der Waals surface area contributed by atoms with E-state index in [-0.39, 0.29) is 11.8 Å². The van der Waals surface area contributed by atoms with Crippen LogP contribution in [0.5, 0.6) is 0 Å². The highest BCUT2D eigenvalue weighted by atomic mass is 32.2. The molecule has 1 aliphatic rings. The fraction of sp³-hybridized carbons (Fsp3) is 0.900. The zero-order valence-electron chi connectivity index (χ0n) is 8.51. The largest absolute Gasteiger partial charge is 0.355 e. The number of carbonyl (C=O) groups excluding carboxylic acids is 1. The SMILES string of the molecule is CC(C)C(=O)NCC1CCCCS1. The van der Waals surface area contributed by atoms with Crippen LogP contribution in [0.3, 0.4) is 0 Å².